The molecule has 4 fully saturated rings. The van der Waals surface area contributed by atoms with Crippen LogP contribution in [-0.4, -0.2) is 74.4 Å². The molecule has 1 aromatic rings. The Bertz CT molecular complexity index is 1470. The number of aromatic nitrogens is 2. The standard InChI is InChI=1S/C39H54F2N4O6/c1-5-9-25(34(49)32(48)18-23-12-13-23)19-31(47)33-26-14-15-39(40,41)28(26)22-45(33)37(51)35(38(2,3)4)44-36(50)27(24-10-7-6-8-11-24)20-30(46)29-21-42-16-17-43-29/h16-17,21,23-28,33,35H,5-15,18-20,22H2,1-4H3,(H,44,50)/t25-,26-,27+,28?,33-,35+/m0/s1. The van der Waals surface area contributed by atoms with E-state index in [4.69, 9.17) is 0 Å². The van der Waals surface area contributed by atoms with Crippen LogP contribution in [0.4, 0.5) is 8.78 Å². The van der Waals surface area contributed by atoms with Crippen molar-refractivity contribution >= 4 is 34.9 Å². The number of hydrogen-bond acceptors (Lipinski definition) is 8. The van der Waals surface area contributed by atoms with E-state index in [1.807, 2.05) is 6.92 Å². The van der Waals surface area contributed by atoms with Crippen LogP contribution in [0, 0.1) is 40.9 Å². The molecule has 0 radical (unpaired) electrons. The molecule has 12 heteroatoms. The minimum atomic E-state index is -3.08. The van der Waals surface area contributed by atoms with E-state index in [1.165, 1.54) is 23.5 Å². The Kier molecular flexibility index (Phi) is 12.2. The highest BCUT2D eigenvalue weighted by molar-refractivity contribution is 6.38. The predicted octanol–water partition coefficient (Wildman–Crippen LogP) is 5.96. The number of ketones is 4. The summed E-state index contributed by atoms with van der Waals surface area (Å²) in [5, 5.41) is 2.94. The third kappa shape index (κ3) is 9.14. The number of Topliss-reactive ketones (excluding diaryl/α,β-unsaturated/α-hetero) is 4. The highest BCUT2D eigenvalue weighted by Gasteiger charge is 2.61. The van der Waals surface area contributed by atoms with Gasteiger partial charge in [-0.25, -0.2) is 13.8 Å². The van der Waals surface area contributed by atoms with Crippen molar-refractivity contribution in [2.24, 2.45) is 40.9 Å². The molecule has 1 aliphatic heterocycles. The summed E-state index contributed by atoms with van der Waals surface area (Å²) in [4.78, 5) is 91.6. The second kappa shape index (κ2) is 16.1. The molecule has 0 aromatic carbocycles. The molecule has 0 spiro atoms. The zero-order chi connectivity index (χ0) is 37.1. The van der Waals surface area contributed by atoms with Gasteiger partial charge in [0, 0.05) is 62.4 Å². The molecule has 1 unspecified atom stereocenters. The number of rotatable bonds is 16. The first-order chi connectivity index (χ1) is 24.1. The van der Waals surface area contributed by atoms with Gasteiger partial charge in [0.25, 0.3) is 5.92 Å². The topological polar surface area (TPSA) is 143 Å². The summed E-state index contributed by atoms with van der Waals surface area (Å²) in [5.41, 5.74) is -0.739. The third-order valence-electron chi connectivity index (χ3n) is 11.7. The van der Waals surface area contributed by atoms with Crippen molar-refractivity contribution < 1.29 is 37.5 Å². The number of nitrogens with zero attached hydrogens (tertiary/aromatic N) is 3. The lowest BCUT2D eigenvalue weighted by Crippen LogP contribution is -2.58. The third-order valence-corrected chi connectivity index (χ3v) is 11.7. The summed E-state index contributed by atoms with van der Waals surface area (Å²) in [6.07, 6.45) is 10.7. The highest BCUT2D eigenvalue weighted by Crippen LogP contribution is 2.52. The van der Waals surface area contributed by atoms with E-state index in [-0.39, 0.29) is 55.5 Å². The lowest BCUT2D eigenvalue weighted by molar-refractivity contribution is -0.146. The van der Waals surface area contributed by atoms with Crippen molar-refractivity contribution in [2.45, 2.75) is 136 Å². The van der Waals surface area contributed by atoms with Gasteiger partial charge in [0.05, 0.1) is 12.2 Å². The Labute approximate surface area is 299 Å². The summed E-state index contributed by atoms with van der Waals surface area (Å²) in [6, 6.07) is -2.38. The Balaban J connectivity index is 1.39. The maximum Gasteiger partial charge on any atom is 0.253 e. The molecule has 10 nitrogen and oxygen atoms in total. The quantitative estimate of drug-likeness (QED) is 0.163. The number of nitrogens with one attached hydrogen (secondary N) is 1. The minimum Gasteiger partial charge on any atom is -0.344 e. The molecule has 1 saturated heterocycles. The fourth-order valence-electron chi connectivity index (χ4n) is 8.67. The van der Waals surface area contributed by atoms with Crippen LogP contribution < -0.4 is 5.32 Å². The Hall–Kier alpha value is -3.44. The van der Waals surface area contributed by atoms with E-state index in [1.54, 1.807) is 20.8 Å². The average Bonchev–Trinajstić information content (AvgIpc) is 3.74. The van der Waals surface area contributed by atoms with E-state index >= 15 is 8.78 Å². The molecule has 1 N–H and O–H groups in total. The number of hydrogen-bond donors (Lipinski definition) is 1. The summed E-state index contributed by atoms with van der Waals surface area (Å²) in [5.74, 6) is -9.62. The van der Waals surface area contributed by atoms with Crippen LogP contribution in [0.3, 0.4) is 0 Å². The fourth-order valence-corrected chi connectivity index (χ4v) is 8.67. The maximum atomic E-state index is 15.3. The van der Waals surface area contributed by atoms with Crippen LogP contribution in [0.25, 0.3) is 0 Å². The van der Waals surface area contributed by atoms with Gasteiger partial charge in [-0.05, 0) is 61.7 Å². The Morgan fingerprint density at radius 2 is 1.69 bits per heavy atom. The van der Waals surface area contributed by atoms with Gasteiger partial charge in [-0.3, -0.25) is 33.8 Å². The molecule has 3 aliphatic carbocycles. The van der Waals surface area contributed by atoms with Crippen molar-refractivity contribution in [1.82, 2.24) is 20.2 Å². The van der Waals surface area contributed by atoms with Gasteiger partial charge in [0.2, 0.25) is 17.6 Å². The molecule has 0 bridgehead atoms. The second-order valence-corrected chi connectivity index (χ2v) is 16.6. The molecule has 2 heterocycles. The minimum absolute atomic E-state index is 0.0473. The van der Waals surface area contributed by atoms with E-state index < -0.39 is 82.7 Å². The fraction of sp³-hybridized carbons (Fsp3) is 0.744. The number of amides is 2. The zero-order valence-corrected chi connectivity index (χ0v) is 30.5. The van der Waals surface area contributed by atoms with Gasteiger partial charge in [-0.2, -0.15) is 0 Å². The molecule has 2 amide bonds. The number of carbonyl (C=O) groups excluding carboxylic acids is 6. The van der Waals surface area contributed by atoms with E-state index in [2.05, 4.69) is 15.3 Å². The van der Waals surface area contributed by atoms with Crippen molar-refractivity contribution in [3.8, 4) is 0 Å². The number of likely N-dealkylation sites (tertiary alicyclic amines) is 1. The van der Waals surface area contributed by atoms with Crippen molar-refractivity contribution in [3.05, 3.63) is 24.3 Å². The zero-order valence-electron chi connectivity index (χ0n) is 30.5. The maximum absolute atomic E-state index is 15.3. The van der Waals surface area contributed by atoms with Gasteiger partial charge < -0.3 is 10.2 Å². The second-order valence-electron chi connectivity index (χ2n) is 16.6. The van der Waals surface area contributed by atoms with Crippen molar-refractivity contribution in [1.29, 1.82) is 0 Å². The normalized spacial score (nSPS) is 25.1. The van der Waals surface area contributed by atoms with Crippen LogP contribution in [0.5, 0.6) is 0 Å². The van der Waals surface area contributed by atoms with E-state index in [0.29, 0.717) is 12.8 Å². The van der Waals surface area contributed by atoms with Gasteiger partial charge in [-0.1, -0.05) is 53.4 Å². The summed E-state index contributed by atoms with van der Waals surface area (Å²) in [6.45, 7) is 6.80. The first-order valence-electron chi connectivity index (χ1n) is 19.0. The van der Waals surface area contributed by atoms with Gasteiger partial charge in [0.15, 0.2) is 17.3 Å². The number of halogens is 2. The van der Waals surface area contributed by atoms with Crippen LogP contribution in [0.15, 0.2) is 18.6 Å². The van der Waals surface area contributed by atoms with Crippen LogP contribution in [0.2, 0.25) is 0 Å². The predicted molar refractivity (Wildman–Crippen MR) is 184 cm³/mol. The van der Waals surface area contributed by atoms with E-state index in [9.17, 15) is 28.8 Å². The van der Waals surface area contributed by atoms with Gasteiger partial charge >= 0.3 is 0 Å². The largest absolute Gasteiger partial charge is 0.344 e. The van der Waals surface area contributed by atoms with Crippen LogP contribution in [0.1, 0.15) is 128 Å². The SMILES string of the molecule is CCC[C@@H](CC(=O)[C@@H]1[C@H]2CCC(F)(F)C2CN1C(=O)[C@@H](NC(=O)[C@H](CC(=O)c1cnccn1)C1CCCCC1)C(C)(C)C)C(=O)C(=O)CC1CC1. The molecule has 3 saturated carbocycles. The number of carbonyl (C=O) groups is 6. The molecule has 280 valence electrons. The van der Waals surface area contributed by atoms with Crippen LogP contribution in [-0.2, 0) is 24.0 Å². The Morgan fingerprint density at radius 1 is 0.980 bits per heavy atom. The lowest BCUT2D eigenvalue weighted by atomic mass is 9.76. The molecular weight excluding hydrogens is 658 g/mol. The van der Waals surface area contributed by atoms with Crippen molar-refractivity contribution in [3.63, 3.8) is 0 Å². The average molecular weight is 713 g/mol. The molecule has 51 heavy (non-hydrogen) atoms. The summed E-state index contributed by atoms with van der Waals surface area (Å²) < 4.78 is 30.6. The molecule has 4 aliphatic rings. The van der Waals surface area contributed by atoms with E-state index in [0.717, 1.165) is 44.9 Å². The molecule has 5 rings (SSSR count). The summed E-state index contributed by atoms with van der Waals surface area (Å²) in [7, 11) is 0. The van der Waals surface area contributed by atoms with Crippen molar-refractivity contribution in [2.75, 3.05) is 6.54 Å². The molecular formula is C39H54F2N4O6. The van der Waals surface area contributed by atoms with Gasteiger partial charge in [0.1, 0.15) is 11.7 Å². The Morgan fingerprint density at radius 3 is 2.29 bits per heavy atom. The van der Waals surface area contributed by atoms with Gasteiger partial charge in [-0.15, -0.1) is 0 Å². The van der Waals surface area contributed by atoms with Crippen LogP contribution >= 0.6 is 0 Å². The lowest BCUT2D eigenvalue weighted by Gasteiger charge is -2.38. The highest BCUT2D eigenvalue weighted by atomic mass is 19.3. The molecule has 6 atom stereocenters. The first kappa shape index (κ1) is 38.8. The molecule has 1 aromatic heterocycles. The number of alkyl halides is 2. The summed E-state index contributed by atoms with van der Waals surface area (Å²) >= 11 is 0. The monoisotopic (exact) mass is 712 g/mol. The number of fused-ring (bicyclic) bond motifs is 1. The first-order valence-corrected chi connectivity index (χ1v) is 19.0. The smallest absolute Gasteiger partial charge is 0.253 e.